The van der Waals surface area contributed by atoms with Crippen molar-refractivity contribution in [2.75, 3.05) is 0 Å². The fraction of sp³-hybridized carbons (Fsp3) is 0.0667. The van der Waals surface area contributed by atoms with Crippen molar-refractivity contribution in [1.29, 1.82) is 0 Å². The first kappa shape index (κ1) is 13.0. The number of pyridine rings is 1. The van der Waals surface area contributed by atoms with Gasteiger partial charge in [0.25, 0.3) is 5.89 Å². The maximum Gasteiger partial charge on any atom is 0.335 e. The molecule has 2 aromatic heterocycles. The molecule has 2 heterocycles. The summed E-state index contributed by atoms with van der Waals surface area (Å²) in [6.07, 6.45) is 1.67. The molecule has 0 spiro atoms. The first-order chi connectivity index (χ1) is 10.1. The Morgan fingerprint density at radius 3 is 2.81 bits per heavy atom. The van der Waals surface area contributed by atoms with Gasteiger partial charge in [-0.2, -0.15) is 4.98 Å². The van der Waals surface area contributed by atoms with E-state index in [9.17, 15) is 4.79 Å². The fourth-order valence-electron chi connectivity index (χ4n) is 1.93. The molecule has 0 bridgehead atoms. The average Bonchev–Trinajstić information content (AvgIpc) is 2.97. The van der Waals surface area contributed by atoms with Crippen LogP contribution < -0.4 is 0 Å². The van der Waals surface area contributed by atoms with E-state index in [4.69, 9.17) is 9.63 Å². The minimum absolute atomic E-state index is 0.179. The molecule has 0 aliphatic heterocycles. The van der Waals surface area contributed by atoms with Gasteiger partial charge in [-0.3, -0.25) is 4.98 Å². The van der Waals surface area contributed by atoms with Crippen molar-refractivity contribution in [3.63, 3.8) is 0 Å². The Balaban J connectivity index is 1.98. The lowest BCUT2D eigenvalue weighted by atomic mass is 10.1. The van der Waals surface area contributed by atoms with Gasteiger partial charge in [0.1, 0.15) is 0 Å². The third-order valence-corrected chi connectivity index (χ3v) is 2.94. The van der Waals surface area contributed by atoms with Crippen LogP contribution >= 0.6 is 0 Å². The van der Waals surface area contributed by atoms with Crippen LogP contribution in [0.5, 0.6) is 0 Å². The highest BCUT2D eigenvalue weighted by atomic mass is 16.5. The van der Waals surface area contributed by atoms with Crippen LogP contribution in [0.25, 0.3) is 22.8 Å². The number of aryl methyl sites for hydroxylation is 1. The number of hydrogen-bond acceptors (Lipinski definition) is 5. The number of aromatic carboxylic acids is 1. The number of nitrogens with zero attached hydrogens (tertiary/aromatic N) is 3. The molecule has 1 N–H and O–H groups in total. The number of benzene rings is 1. The maximum absolute atomic E-state index is 11.0. The predicted molar refractivity (Wildman–Crippen MR) is 74.7 cm³/mol. The van der Waals surface area contributed by atoms with Crippen LogP contribution in [0.15, 0.2) is 47.1 Å². The highest BCUT2D eigenvalue weighted by Crippen LogP contribution is 2.22. The van der Waals surface area contributed by atoms with E-state index in [1.165, 1.54) is 12.1 Å². The van der Waals surface area contributed by atoms with Crippen molar-refractivity contribution in [2.45, 2.75) is 6.92 Å². The van der Waals surface area contributed by atoms with Crippen LogP contribution in [0.3, 0.4) is 0 Å². The Morgan fingerprint density at radius 1 is 1.19 bits per heavy atom. The summed E-state index contributed by atoms with van der Waals surface area (Å²) in [4.78, 5) is 19.4. The summed E-state index contributed by atoms with van der Waals surface area (Å²) in [5.41, 5.74) is 2.39. The summed E-state index contributed by atoms with van der Waals surface area (Å²) in [7, 11) is 0. The Labute approximate surface area is 120 Å². The van der Waals surface area contributed by atoms with E-state index in [0.29, 0.717) is 17.3 Å². The van der Waals surface area contributed by atoms with E-state index in [1.54, 1.807) is 24.4 Å². The summed E-state index contributed by atoms with van der Waals surface area (Å²) in [5.74, 6) is -0.274. The van der Waals surface area contributed by atoms with Crippen molar-refractivity contribution < 1.29 is 14.4 Å². The largest absolute Gasteiger partial charge is 0.478 e. The second kappa shape index (κ2) is 5.16. The molecular weight excluding hydrogens is 270 g/mol. The Bertz CT molecular complexity index is 811. The van der Waals surface area contributed by atoms with E-state index in [2.05, 4.69) is 15.1 Å². The normalized spacial score (nSPS) is 10.5. The van der Waals surface area contributed by atoms with Crippen molar-refractivity contribution in [1.82, 2.24) is 15.1 Å². The van der Waals surface area contributed by atoms with Gasteiger partial charge in [-0.25, -0.2) is 4.79 Å². The molecule has 0 saturated heterocycles. The van der Waals surface area contributed by atoms with Gasteiger partial charge in [-0.15, -0.1) is 0 Å². The number of rotatable bonds is 3. The lowest BCUT2D eigenvalue weighted by Gasteiger charge is -1.97. The van der Waals surface area contributed by atoms with Gasteiger partial charge in [-0.1, -0.05) is 17.3 Å². The third kappa shape index (κ3) is 2.64. The maximum atomic E-state index is 11.0. The zero-order valence-electron chi connectivity index (χ0n) is 11.1. The minimum atomic E-state index is -0.995. The smallest absolute Gasteiger partial charge is 0.335 e. The lowest BCUT2D eigenvalue weighted by molar-refractivity contribution is 0.0697. The summed E-state index contributed by atoms with van der Waals surface area (Å²) in [6, 6.07) is 10.0. The molecule has 6 nitrogen and oxygen atoms in total. The molecule has 6 heteroatoms. The second-order valence-electron chi connectivity index (χ2n) is 4.49. The molecule has 0 amide bonds. The molecule has 0 radical (unpaired) electrons. The van der Waals surface area contributed by atoms with Gasteiger partial charge in [0.15, 0.2) is 0 Å². The van der Waals surface area contributed by atoms with Crippen LogP contribution in [0.1, 0.15) is 16.1 Å². The fourth-order valence-corrected chi connectivity index (χ4v) is 1.93. The second-order valence-corrected chi connectivity index (χ2v) is 4.49. The number of carboxylic acid groups (broad SMARTS) is 1. The Morgan fingerprint density at radius 2 is 2.05 bits per heavy atom. The van der Waals surface area contributed by atoms with E-state index < -0.39 is 5.97 Å². The first-order valence-electron chi connectivity index (χ1n) is 6.24. The molecule has 3 rings (SSSR count). The van der Waals surface area contributed by atoms with Gasteiger partial charge < -0.3 is 9.63 Å². The summed E-state index contributed by atoms with van der Waals surface area (Å²) >= 11 is 0. The zero-order valence-corrected chi connectivity index (χ0v) is 11.1. The molecule has 0 atom stereocenters. The van der Waals surface area contributed by atoms with E-state index in [0.717, 1.165) is 11.3 Å². The van der Waals surface area contributed by atoms with Gasteiger partial charge >= 0.3 is 5.97 Å². The van der Waals surface area contributed by atoms with Gasteiger partial charge in [0.05, 0.1) is 5.56 Å². The molecule has 0 saturated carbocycles. The standard InChI is InChI=1S/C15H11N3O3/c1-9-7-11(5-6-16-9)14-17-13(18-21-14)10-3-2-4-12(8-10)15(19)20/h2-8H,1H3,(H,19,20). The molecule has 104 valence electrons. The molecule has 0 aliphatic rings. The van der Waals surface area contributed by atoms with Crippen LogP contribution in [-0.2, 0) is 0 Å². The zero-order chi connectivity index (χ0) is 14.8. The van der Waals surface area contributed by atoms with Gasteiger partial charge in [0.2, 0.25) is 5.82 Å². The molecule has 0 fully saturated rings. The lowest BCUT2D eigenvalue weighted by Crippen LogP contribution is -1.96. The molecular formula is C15H11N3O3. The average molecular weight is 281 g/mol. The summed E-state index contributed by atoms with van der Waals surface area (Å²) < 4.78 is 5.22. The molecule has 21 heavy (non-hydrogen) atoms. The monoisotopic (exact) mass is 281 g/mol. The summed E-state index contributed by atoms with van der Waals surface area (Å²) in [6.45, 7) is 1.87. The quantitative estimate of drug-likeness (QED) is 0.794. The Hall–Kier alpha value is -3.02. The van der Waals surface area contributed by atoms with Crippen molar-refractivity contribution >= 4 is 5.97 Å². The predicted octanol–water partition coefficient (Wildman–Crippen LogP) is 2.81. The first-order valence-corrected chi connectivity index (χ1v) is 6.24. The number of carboxylic acids is 1. The summed E-state index contributed by atoms with van der Waals surface area (Å²) in [5, 5.41) is 12.9. The van der Waals surface area contributed by atoms with Crippen molar-refractivity contribution in [2.24, 2.45) is 0 Å². The van der Waals surface area contributed by atoms with Crippen molar-refractivity contribution in [3.05, 3.63) is 53.9 Å². The van der Waals surface area contributed by atoms with Crippen molar-refractivity contribution in [3.8, 4) is 22.8 Å². The van der Waals surface area contributed by atoms with Crippen LogP contribution in [0.4, 0.5) is 0 Å². The van der Waals surface area contributed by atoms with Crippen LogP contribution in [-0.4, -0.2) is 26.2 Å². The SMILES string of the molecule is Cc1cc(-c2nc(-c3cccc(C(=O)O)c3)no2)ccn1. The van der Waals surface area contributed by atoms with Crippen LogP contribution in [0.2, 0.25) is 0 Å². The third-order valence-electron chi connectivity index (χ3n) is 2.94. The van der Waals surface area contributed by atoms with E-state index >= 15 is 0 Å². The van der Waals surface area contributed by atoms with E-state index in [-0.39, 0.29) is 5.56 Å². The topological polar surface area (TPSA) is 89.1 Å². The molecule has 3 aromatic rings. The Kier molecular flexibility index (Phi) is 3.19. The minimum Gasteiger partial charge on any atom is -0.478 e. The van der Waals surface area contributed by atoms with Crippen LogP contribution in [0, 0.1) is 6.92 Å². The number of carbonyl (C=O) groups is 1. The van der Waals surface area contributed by atoms with Gasteiger partial charge in [-0.05, 0) is 31.2 Å². The highest BCUT2D eigenvalue weighted by Gasteiger charge is 2.12. The molecule has 0 unspecified atom stereocenters. The molecule has 1 aromatic carbocycles. The van der Waals surface area contributed by atoms with E-state index in [1.807, 2.05) is 13.0 Å². The molecule has 0 aliphatic carbocycles. The highest BCUT2D eigenvalue weighted by molar-refractivity contribution is 5.89. The number of hydrogen-bond donors (Lipinski definition) is 1. The number of aromatic nitrogens is 3. The van der Waals surface area contributed by atoms with Gasteiger partial charge in [0, 0.05) is 23.0 Å².